The number of hydrogen-bond donors (Lipinski definition) is 3. The molecule has 0 aromatic heterocycles. The van der Waals surface area contributed by atoms with E-state index in [-0.39, 0.29) is 48.5 Å². The molecule has 1 fully saturated rings. The van der Waals surface area contributed by atoms with E-state index in [1.807, 2.05) is 5.32 Å². The Kier molecular flexibility index (Phi) is 5.10. The molecule has 8 nitrogen and oxygen atoms in total. The first kappa shape index (κ1) is 20.7. The van der Waals surface area contributed by atoms with Gasteiger partial charge in [-0.1, -0.05) is 12.1 Å². The Bertz CT molecular complexity index is 1110. The zero-order valence-electron chi connectivity index (χ0n) is 16.5. The van der Waals surface area contributed by atoms with Gasteiger partial charge in [0, 0.05) is 41.8 Å². The van der Waals surface area contributed by atoms with E-state index in [9.17, 15) is 28.3 Å². The number of carbonyl (C=O) groups excluding carboxylic acids is 3. The molecule has 2 aliphatic rings. The molecule has 4 rings (SSSR count). The lowest BCUT2D eigenvalue weighted by molar-refractivity contribution is -0.167. The lowest BCUT2D eigenvalue weighted by Crippen LogP contribution is -2.63. The van der Waals surface area contributed by atoms with E-state index in [0.717, 1.165) is 17.0 Å². The number of benzene rings is 2. The van der Waals surface area contributed by atoms with Crippen LogP contribution in [0.5, 0.6) is 5.75 Å². The third kappa shape index (κ3) is 3.48. The predicted molar refractivity (Wildman–Crippen MR) is 104 cm³/mol. The molecule has 2 aromatic rings. The number of nitrogens with one attached hydrogen (secondary N) is 2. The van der Waals surface area contributed by atoms with Crippen LogP contribution in [0.15, 0.2) is 30.3 Å². The highest BCUT2D eigenvalue weighted by Crippen LogP contribution is 2.37. The maximum Gasteiger partial charge on any atom is 0.279 e. The summed E-state index contributed by atoms with van der Waals surface area (Å²) in [5, 5.41) is 15.8. The maximum absolute atomic E-state index is 14.4. The molecule has 1 saturated heterocycles. The number of halogens is 2. The molecule has 10 heteroatoms. The molecule has 0 saturated carbocycles. The van der Waals surface area contributed by atoms with Crippen molar-refractivity contribution < 1.29 is 33.0 Å². The van der Waals surface area contributed by atoms with Crippen LogP contribution in [0.2, 0.25) is 0 Å². The Labute approximate surface area is 175 Å². The van der Waals surface area contributed by atoms with Crippen LogP contribution in [-0.2, 0) is 22.7 Å². The number of anilines is 1. The van der Waals surface area contributed by atoms with Gasteiger partial charge in [-0.15, -0.1) is 0 Å². The van der Waals surface area contributed by atoms with Gasteiger partial charge in [-0.05, 0) is 18.2 Å². The molecular formula is C21H19F2N3O5. The second-order valence-electron chi connectivity index (χ2n) is 7.35. The van der Waals surface area contributed by atoms with E-state index in [4.69, 9.17) is 4.74 Å². The van der Waals surface area contributed by atoms with Crippen LogP contribution in [0.3, 0.4) is 0 Å². The minimum Gasteiger partial charge on any atom is -0.494 e. The Balaban J connectivity index is 1.62. The van der Waals surface area contributed by atoms with Crippen LogP contribution in [0.4, 0.5) is 14.5 Å². The van der Waals surface area contributed by atoms with Gasteiger partial charge in [-0.2, -0.15) is 0 Å². The summed E-state index contributed by atoms with van der Waals surface area (Å²) in [4.78, 5) is 37.5. The van der Waals surface area contributed by atoms with E-state index in [1.165, 1.54) is 19.2 Å². The molecule has 0 aliphatic carbocycles. The average molecular weight is 431 g/mol. The van der Waals surface area contributed by atoms with E-state index in [1.54, 1.807) is 6.07 Å². The Morgan fingerprint density at radius 3 is 2.74 bits per heavy atom. The fourth-order valence-corrected chi connectivity index (χ4v) is 3.82. The van der Waals surface area contributed by atoms with Gasteiger partial charge < -0.3 is 15.2 Å². The second kappa shape index (κ2) is 7.62. The largest absolute Gasteiger partial charge is 0.494 e. The number of carbonyl (C=O) groups is 3. The van der Waals surface area contributed by atoms with Crippen molar-refractivity contribution in [1.29, 1.82) is 0 Å². The molecule has 0 radical (unpaired) electrons. The molecule has 2 heterocycles. The topological polar surface area (TPSA) is 108 Å². The fourth-order valence-electron chi connectivity index (χ4n) is 3.82. The minimum atomic E-state index is -2.23. The van der Waals surface area contributed by atoms with Gasteiger partial charge >= 0.3 is 0 Å². The van der Waals surface area contributed by atoms with Crippen LogP contribution in [0, 0.1) is 11.6 Å². The Hall–Kier alpha value is -3.53. The molecular weight excluding hydrogens is 412 g/mol. The molecule has 3 amide bonds. The lowest BCUT2D eigenvalue weighted by atomic mass is 10.00. The number of piperidine rings is 1. The number of fused-ring (bicyclic) bond motifs is 1. The number of aliphatic hydroxyl groups is 1. The van der Waals surface area contributed by atoms with Crippen LogP contribution >= 0.6 is 0 Å². The smallest absolute Gasteiger partial charge is 0.279 e. The molecule has 0 bridgehead atoms. The zero-order chi connectivity index (χ0) is 22.3. The summed E-state index contributed by atoms with van der Waals surface area (Å²) in [6.45, 7) is -0.206. The Morgan fingerprint density at radius 2 is 2.03 bits per heavy atom. The number of ether oxygens (including phenoxy) is 1. The summed E-state index contributed by atoms with van der Waals surface area (Å²) < 4.78 is 33.6. The van der Waals surface area contributed by atoms with E-state index >= 15 is 0 Å². The summed E-state index contributed by atoms with van der Waals surface area (Å²) >= 11 is 0. The number of hydrogen-bond acceptors (Lipinski definition) is 6. The Morgan fingerprint density at radius 1 is 1.26 bits per heavy atom. The predicted octanol–water partition coefficient (Wildman–Crippen LogP) is 1.67. The highest BCUT2D eigenvalue weighted by Gasteiger charge is 2.51. The summed E-state index contributed by atoms with van der Waals surface area (Å²) in [6, 6.07) is 6.79. The summed E-state index contributed by atoms with van der Waals surface area (Å²) in [5.41, 5.74) is -1.40. The van der Waals surface area contributed by atoms with Gasteiger partial charge in [-0.3, -0.25) is 24.6 Å². The van der Waals surface area contributed by atoms with Gasteiger partial charge in [0.2, 0.25) is 11.6 Å². The van der Waals surface area contributed by atoms with Crippen LogP contribution in [-0.4, -0.2) is 40.6 Å². The number of nitrogens with zero attached hydrogens (tertiary/aromatic N) is 1. The second-order valence-corrected chi connectivity index (χ2v) is 7.35. The van der Waals surface area contributed by atoms with Crippen molar-refractivity contribution in [2.45, 2.75) is 31.7 Å². The quantitative estimate of drug-likeness (QED) is 0.622. The molecule has 1 unspecified atom stereocenters. The normalized spacial score (nSPS) is 20.5. The highest BCUT2D eigenvalue weighted by atomic mass is 19.1. The van der Waals surface area contributed by atoms with Gasteiger partial charge in [0.1, 0.15) is 5.82 Å². The van der Waals surface area contributed by atoms with Crippen molar-refractivity contribution in [1.82, 2.24) is 10.2 Å². The van der Waals surface area contributed by atoms with Crippen molar-refractivity contribution in [3.63, 3.8) is 0 Å². The number of rotatable bonds is 5. The van der Waals surface area contributed by atoms with E-state index in [2.05, 4.69) is 5.32 Å². The monoisotopic (exact) mass is 431 g/mol. The summed E-state index contributed by atoms with van der Waals surface area (Å²) in [5.74, 6) is -3.51. The van der Waals surface area contributed by atoms with Crippen LogP contribution in [0.1, 0.15) is 34.3 Å². The molecule has 0 spiro atoms. The number of amides is 3. The first-order valence-corrected chi connectivity index (χ1v) is 9.51. The highest BCUT2D eigenvalue weighted by molar-refractivity contribution is 6.07. The SMILES string of the molecule is COc1cccc(CNc2cc(F)cc3c2CN(C2(O)CCC(=O)NC2=O)C3=O)c1F. The fraction of sp³-hybridized carbons (Fsp3) is 0.286. The van der Waals surface area contributed by atoms with Crippen molar-refractivity contribution >= 4 is 23.4 Å². The number of methoxy groups -OCH3 is 1. The van der Waals surface area contributed by atoms with Crippen molar-refractivity contribution in [2.24, 2.45) is 0 Å². The first-order valence-electron chi connectivity index (χ1n) is 9.51. The summed E-state index contributed by atoms with van der Waals surface area (Å²) in [6.07, 6.45) is -0.408. The molecule has 2 aromatic carbocycles. The zero-order valence-corrected chi connectivity index (χ0v) is 16.5. The van der Waals surface area contributed by atoms with Gasteiger partial charge in [-0.25, -0.2) is 8.78 Å². The molecule has 162 valence electrons. The van der Waals surface area contributed by atoms with E-state index < -0.39 is 35.1 Å². The summed E-state index contributed by atoms with van der Waals surface area (Å²) in [7, 11) is 1.34. The van der Waals surface area contributed by atoms with Gasteiger partial charge in [0.25, 0.3) is 11.8 Å². The maximum atomic E-state index is 14.4. The van der Waals surface area contributed by atoms with Crippen molar-refractivity contribution in [2.75, 3.05) is 12.4 Å². The third-order valence-electron chi connectivity index (χ3n) is 5.50. The van der Waals surface area contributed by atoms with Crippen LogP contribution in [0.25, 0.3) is 0 Å². The van der Waals surface area contributed by atoms with Crippen molar-refractivity contribution in [3.05, 3.63) is 58.7 Å². The minimum absolute atomic E-state index is 0.0215. The first-order chi connectivity index (χ1) is 14.7. The van der Waals surface area contributed by atoms with E-state index in [0.29, 0.717) is 5.56 Å². The molecule has 31 heavy (non-hydrogen) atoms. The lowest BCUT2D eigenvalue weighted by Gasteiger charge is -2.37. The van der Waals surface area contributed by atoms with Crippen LogP contribution < -0.4 is 15.4 Å². The molecule has 3 N–H and O–H groups in total. The third-order valence-corrected chi connectivity index (χ3v) is 5.50. The van der Waals surface area contributed by atoms with Gasteiger partial charge in [0.15, 0.2) is 11.6 Å². The van der Waals surface area contributed by atoms with Crippen molar-refractivity contribution in [3.8, 4) is 5.75 Å². The number of imide groups is 1. The average Bonchev–Trinajstić information content (AvgIpc) is 3.07. The standard InChI is InChI=1S/C21H19F2N3O5/c1-31-16-4-2-3-11(18(16)23)9-24-15-8-12(22)7-13-14(15)10-26(19(13)28)21(30)6-5-17(27)25-20(21)29/h2-4,7-8,24,30H,5-6,9-10H2,1H3,(H,25,27,29). The molecule has 2 aliphatic heterocycles. The van der Waals surface area contributed by atoms with Gasteiger partial charge in [0.05, 0.1) is 13.7 Å². The molecule has 1 atom stereocenters.